The summed E-state index contributed by atoms with van der Waals surface area (Å²) in [5.41, 5.74) is 5.57. The van der Waals surface area contributed by atoms with Crippen LogP contribution >= 0.6 is 0 Å². The van der Waals surface area contributed by atoms with Gasteiger partial charge in [0.15, 0.2) is 9.84 Å². The zero-order valence-corrected chi connectivity index (χ0v) is 12.4. The first-order chi connectivity index (χ1) is 9.19. The average Bonchev–Trinajstić information content (AvgIpc) is 2.83. The summed E-state index contributed by atoms with van der Waals surface area (Å²) in [6.07, 6.45) is 2.04. The van der Waals surface area contributed by atoms with E-state index in [1.807, 2.05) is 0 Å². The molecule has 0 aliphatic carbocycles. The van der Waals surface area contributed by atoms with Gasteiger partial charge < -0.3 is 11.1 Å². The minimum Gasteiger partial charge on any atom is -0.348 e. The average molecular weight is 301 g/mol. The van der Waals surface area contributed by atoms with Crippen LogP contribution in [-0.4, -0.2) is 46.4 Å². The van der Waals surface area contributed by atoms with E-state index in [0.717, 1.165) is 0 Å². The molecule has 1 aromatic heterocycles. The molecule has 1 amide bonds. The van der Waals surface area contributed by atoms with Crippen LogP contribution in [0.3, 0.4) is 0 Å². The van der Waals surface area contributed by atoms with E-state index >= 15 is 0 Å². The minimum atomic E-state index is -3.05. The van der Waals surface area contributed by atoms with Crippen LogP contribution in [0.1, 0.15) is 32.0 Å². The van der Waals surface area contributed by atoms with Gasteiger partial charge in [-0.05, 0) is 20.3 Å². The number of rotatable bonds is 4. The fourth-order valence-corrected chi connectivity index (χ4v) is 4.32. The van der Waals surface area contributed by atoms with Crippen LogP contribution in [0, 0.1) is 0 Å². The molecule has 0 spiro atoms. The van der Waals surface area contributed by atoms with Crippen molar-refractivity contribution in [2.24, 2.45) is 5.73 Å². The second-order valence-electron chi connectivity index (χ2n) is 5.58. The summed E-state index contributed by atoms with van der Waals surface area (Å²) < 4.78 is 24.3. The van der Waals surface area contributed by atoms with Crippen molar-refractivity contribution in [3.63, 3.8) is 0 Å². The smallest absolute Gasteiger partial charge is 0.242 e. The second kappa shape index (κ2) is 5.13. The lowest BCUT2D eigenvalue weighted by atomic mass is 10.0. The van der Waals surface area contributed by atoms with E-state index in [2.05, 4.69) is 15.6 Å². The predicted molar refractivity (Wildman–Crippen MR) is 72.4 cm³/mol. The Morgan fingerprint density at radius 2 is 2.35 bits per heavy atom. The Morgan fingerprint density at radius 1 is 1.65 bits per heavy atom. The summed E-state index contributed by atoms with van der Waals surface area (Å²) in [5.74, 6) is -0.193. The van der Waals surface area contributed by atoms with Gasteiger partial charge in [0.1, 0.15) is 6.54 Å². The molecule has 20 heavy (non-hydrogen) atoms. The molecule has 1 saturated heterocycles. The van der Waals surface area contributed by atoms with Crippen molar-refractivity contribution in [2.75, 3.05) is 11.5 Å². The highest BCUT2D eigenvalue weighted by molar-refractivity contribution is 7.91. The van der Waals surface area contributed by atoms with E-state index in [9.17, 15) is 13.2 Å². The Kier molecular flexibility index (Phi) is 3.83. The van der Waals surface area contributed by atoms with Crippen molar-refractivity contribution >= 4 is 15.7 Å². The van der Waals surface area contributed by atoms with Crippen LogP contribution in [0.25, 0.3) is 0 Å². The third-order valence-corrected chi connectivity index (χ3v) is 5.18. The van der Waals surface area contributed by atoms with Gasteiger partial charge >= 0.3 is 0 Å². The fourth-order valence-electron chi connectivity index (χ4n) is 2.23. The molecule has 0 aromatic carbocycles. The minimum absolute atomic E-state index is 0.00461. The first-order valence-electron chi connectivity index (χ1n) is 6.36. The normalized spacial score (nSPS) is 26.4. The lowest BCUT2D eigenvalue weighted by Crippen LogP contribution is -2.48. The van der Waals surface area contributed by atoms with Crippen LogP contribution in [0.2, 0.25) is 0 Å². The Hall–Kier alpha value is -1.48. The maximum atomic E-state index is 11.9. The van der Waals surface area contributed by atoms with E-state index in [0.29, 0.717) is 12.1 Å². The molecular formula is C11H19N5O3S. The number of amides is 1. The summed E-state index contributed by atoms with van der Waals surface area (Å²) >= 11 is 0. The third-order valence-electron chi connectivity index (χ3n) is 3.27. The second-order valence-corrected chi connectivity index (χ2v) is 7.76. The van der Waals surface area contributed by atoms with Crippen LogP contribution in [0.15, 0.2) is 6.20 Å². The Morgan fingerprint density at radius 3 is 2.85 bits per heavy atom. The first kappa shape index (κ1) is 14.9. The molecule has 1 aliphatic heterocycles. The molecule has 2 atom stereocenters. The molecule has 1 aliphatic rings. The number of hydrogen-bond acceptors (Lipinski definition) is 6. The van der Waals surface area contributed by atoms with Crippen molar-refractivity contribution in [1.82, 2.24) is 20.3 Å². The molecule has 2 heterocycles. The van der Waals surface area contributed by atoms with Crippen LogP contribution < -0.4 is 11.1 Å². The highest BCUT2D eigenvalue weighted by atomic mass is 32.2. The van der Waals surface area contributed by atoms with Crippen molar-refractivity contribution in [3.8, 4) is 0 Å². The predicted octanol–water partition coefficient (Wildman–Crippen LogP) is -1.01. The molecule has 2 rings (SSSR count). The number of carbonyl (C=O) groups is 1. The number of sulfone groups is 1. The van der Waals surface area contributed by atoms with E-state index in [1.165, 1.54) is 4.68 Å². The quantitative estimate of drug-likeness (QED) is 0.735. The molecule has 8 nitrogen and oxygen atoms in total. The fraction of sp³-hybridized carbons (Fsp3) is 0.727. The molecule has 0 bridgehead atoms. The maximum absolute atomic E-state index is 11.9. The van der Waals surface area contributed by atoms with Crippen molar-refractivity contribution in [3.05, 3.63) is 11.9 Å². The molecular weight excluding hydrogens is 282 g/mol. The van der Waals surface area contributed by atoms with Crippen LogP contribution in [0.4, 0.5) is 0 Å². The molecule has 0 saturated carbocycles. The highest BCUT2D eigenvalue weighted by Crippen LogP contribution is 2.22. The Balaban J connectivity index is 1.95. The highest BCUT2D eigenvalue weighted by Gasteiger charge is 2.39. The monoisotopic (exact) mass is 301 g/mol. The molecule has 3 N–H and O–H groups in total. The number of nitrogens with two attached hydrogens (primary N) is 1. The summed E-state index contributed by atoms with van der Waals surface area (Å²) in [7, 11) is -3.05. The molecule has 9 heteroatoms. The van der Waals surface area contributed by atoms with Gasteiger partial charge in [0.05, 0.1) is 28.9 Å². The Bertz CT molecular complexity index is 609. The number of carbonyl (C=O) groups excluding carboxylic acids is 1. The van der Waals surface area contributed by atoms with Gasteiger partial charge in [-0.25, -0.2) is 13.1 Å². The summed E-state index contributed by atoms with van der Waals surface area (Å²) in [6, 6.07) is -0.246. The molecule has 112 valence electrons. The van der Waals surface area contributed by atoms with Gasteiger partial charge in [0, 0.05) is 6.04 Å². The van der Waals surface area contributed by atoms with Gasteiger partial charge in [-0.2, -0.15) is 0 Å². The van der Waals surface area contributed by atoms with Crippen molar-refractivity contribution in [2.45, 2.75) is 38.4 Å². The van der Waals surface area contributed by atoms with Gasteiger partial charge in [0.25, 0.3) is 0 Å². The summed E-state index contributed by atoms with van der Waals surface area (Å²) in [6.45, 7) is 3.51. The van der Waals surface area contributed by atoms with Gasteiger partial charge in [-0.1, -0.05) is 5.21 Å². The zero-order chi connectivity index (χ0) is 15.0. The molecule has 1 aromatic rings. The summed E-state index contributed by atoms with van der Waals surface area (Å²) in [4.78, 5) is 11.9. The van der Waals surface area contributed by atoms with Crippen LogP contribution in [-0.2, 0) is 21.2 Å². The maximum Gasteiger partial charge on any atom is 0.242 e. The van der Waals surface area contributed by atoms with Gasteiger partial charge in [-0.15, -0.1) is 5.10 Å². The third kappa shape index (κ3) is 3.54. The van der Waals surface area contributed by atoms with E-state index < -0.39 is 15.4 Å². The van der Waals surface area contributed by atoms with Gasteiger partial charge in [-0.3, -0.25) is 4.79 Å². The molecule has 0 radical (unpaired) electrons. The molecule has 1 fully saturated rings. The lowest BCUT2D eigenvalue weighted by Gasteiger charge is -2.23. The first-order valence-corrected chi connectivity index (χ1v) is 8.18. The van der Waals surface area contributed by atoms with E-state index in [1.54, 1.807) is 20.0 Å². The number of nitrogens with zero attached hydrogens (tertiary/aromatic N) is 3. The largest absolute Gasteiger partial charge is 0.348 e. The van der Waals surface area contributed by atoms with Gasteiger partial charge in [0.2, 0.25) is 5.91 Å². The molecule has 2 unspecified atom stereocenters. The number of hydrogen-bond donors (Lipinski definition) is 2. The summed E-state index contributed by atoms with van der Waals surface area (Å²) in [5, 5.41) is 10.4. The van der Waals surface area contributed by atoms with Crippen LogP contribution in [0.5, 0.6) is 0 Å². The van der Waals surface area contributed by atoms with Crippen molar-refractivity contribution < 1.29 is 13.2 Å². The number of nitrogens with one attached hydrogen (secondary N) is 1. The SMILES string of the molecule is CC(N)c1cn(CC(=O)NC2(C)CCS(=O)(=O)C2)nn1. The van der Waals surface area contributed by atoms with Crippen molar-refractivity contribution in [1.29, 1.82) is 0 Å². The lowest BCUT2D eigenvalue weighted by molar-refractivity contribution is -0.123. The zero-order valence-electron chi connectivity index (χ0n) is 11.5. The standard InChI is InChI=1S/C11H19N5O3S/c1-8(12)9-5-16(15-14-9)6-10(17)13-11(2)3-4-20(18,19)7-11/h5,8H,3-4,6-7,12H2,1-2H3,(H,13,17). The topological polar surface area (TPSA) is 120 Å². The Labute approximate surface area is 117 Å². The van der Waals surface area contributed by atoms with E-state index in [-0.39, 0.29) is 30.0 Å². The number of aromatic nitrogens is 3. The van der Waals surface area contributed by atoms with E-state index in [4.69, 9.17) is 5.73 Å².